The van der Waals surface area contributed by atoms with Crippen LogP contribution in [0.1, 0.15) is 16.1 Å². The normalized spacial score (nSPS) is 11.0. The van der Waals surface area contributed by atoms with Crippen LogP contribution in [0.3, 0.4) is 0 Å². The lowest BCUT2D eigenvalue weighted by Gasteiger charge is -2.03. The van der Waals surface area contributed by atoms with Gasteiger partial charge in [-0.25, -0.2) is 9.97 Å². The standard InChI is InChI=1S/C23H20N6O3/c1-15-5-4-6-16(11-15)21-20(26-14-31-21)22(30)28-19-12-29(13-25-19)10-9-24-23-27-17-7-2-3-8-18(17)32-23/h2-8,11-14H,9-10H2,1H3,(H,24,27)(H,28,30). The first-order valence-corrected chi connectivity index (χ1v) is 10.1. The minimum absolute atomic E-state index is 0.211. The third-order valence-electron chi connectivity index (χ3n) is 4.88. The molecule has 32 heavy (non-hydrogen) atoms. The number of amides is 1. The topological polar surface area (TPSA) is 111 Å². The quantitative estimate of drug-likeness (QED) is 0.396. The van der Waals surface area contributed by atoms with Crippen molar-refractivity contribution < 1.29 is 13.6 Å². The lowest BCUT2D eigenvalue weighted by Crippen LogP contribution is -2.14. The van der Waals surface area contributed by atoms with Gasteiger partial charge >= 0.3 is 0 Å². The molecule has 2 aromatic carbocycles. The van der Waals surface area contributed by atoms with Crippen LogP contribution in [0.2, 0.25) is 0 Å². The lowest BCUT2D eigenvalue weighted by atomic mass is 10.1. The van der Waals surface area contributed by atoms with Crippen LogP contribution in [-0.4, -0.2) is 32.0 Å². The van der Waals surface area contributed by atoms with Crippen LogP contribution in [0.4, 0.5) is 11.8 Å². The number of fused-ring (bicyclic) bond motifs is 1. The monoisotopic (exact) mass is 428 g/mol. The minimum Gasteiger partial charge on any atom is -0.443 e. The highest BCUT2D eigenvalue weighted by atomic mass is 16.4. The first kappa shape index (κ1) is 19.6. The molecule has 3 heterocycles. The van der Waals surface area contributed by atoms with Crippen molar-refractivity contribution in [1.82, 2.24) is 19.5 Å². The number of carbonyl (C=O) groups is 1. The number of benzene rings is 2. The van der Waals surface area contributed by atoms with E-state index in [0.29, 0.717) is 30.7 Å². The van der Waals surface area contributed by atoms with Crippen LogP contribution in [0, 0.1) is 6.92 Å². The van der Waals surface area contributed by atoms with Gasteiger partial charge in [-0.15, -0.1) is 0 Å². The predicted octanol–water partition coefficient (Wildman–Crippen LogP) is 4.35. The summed E-state index contributed by atoms with van der Waals surface area (Å²) in [6.45, 7) is 3.17. The SMILES string of the molecule is Cc1cccc(-c2ocnc2C(=O)Nc2cn(CCNc3nc4ccccc4o3)cn2)c1. The zero-order valence-electron chi connectivity index (χ0n) is 17.3. The minimum atomic E-state index is -0.384. The highest BCUT2D eigenvalue weighted by Crippen LogP contribution is 2.24. The molecule has 0 spiro atoms. The Balaban J connectivity index is 1.20. The van der Waals surface area contributed by atoms with Gasteiger partial charge < -0.3 is 24.0 Å². The van der Waals surface area contributed by atoms with Crippen LogP contribution in [0.15, 0.2) is 76.3 Å². The van der Waals surface area contributed by atoms with E-state index in [1.165, 1.54) is 6.39 Å². The smallest absolute Gasteiger partial charge is 0.295 e. The number of nitrogens with one attached hydrogen (secondary N) is 2. The maximum Gasteiger partial charge on any atom is 0.295 e. The Hall–Kier alpha value is -4.40. The number of aromatic nitrogens is 4. The van der Waals surface area contributed by atoms with Gasteiger partial charge in [-0.2, -0.15) is 4.98 Å². The molecule has 0 atom stereocenters. The summed E-state index contributed by atoms with van der Waals surface area (Å²) in [6, 6.07) is 15.8. The zero-order chi connectivity index (χ0) is 21.9. The second kappa shape index (κ2) is 8.38. The van der Waals surface area contributed by atoms with E-state index in [-0.39, 0.29) is 11.6 Å². The van der Waals surface area contributed by atoms with Gasteiger partial charge in [0.05, 0.1) is 6.33 Å². The summed E-state index contributed by atoms with van der Waals surface area (Å²) < 4.78 is 13.0. The summed E-state index contributed by atoms with van der Waals surface area (Å²) in [4.78, 5) is 25.4. The number of anilines is 2. The van der Waals surface area contributed by atoms with Crippen LogP contribution < -0.4 is 10.6 Å². The van der Waals surface area contributed by atoms with Gasteiger partial charge in [-0.3, -0.25) is 4.79 Å². The van der Waals surface area contributed by atoms with Gasteiger partial charge in [0.25, 0.3) is 11.9 Å². The fourth-order valence-corrected chi connectivity index (χ4v) is 3.36. The van der Waals surface area contributed by atoms with E-state index in [9.17, 15) is 4.79 Å². The Morgan fingerprint density at radius 1 is 1.12 bits per heavy atom. The molecule has 0 saturated heterocycles. The number of aryl methyl sites for hydroxylation is 1. The molecule has 1 amide bonds. The molecule has 9 heteroatoms. The molecule has 0 radical (unpaired) electrons. The molecule has 0 bridgehead atoms. The summed E-state index contributed by atoms with van der Waals surface area (Å²) in [5, 5.41) is 5.92. The summed E-state index contributed by atoms with van der Waals surface area (Å²) in [5.74, 6) is 0.466. The van der Waals surface area contributed by atoms with Crippen molar-refractivity contribution >= 4 is 28.8 Å². The van der Waals surface area contributed by atoms with Crippen molar-refractivity contribution in [3.63, 3.8) is 0 Å². The Bertz CT molecular complexity index is 1350. The highest BCUT2D eigenvalue weighted by molar-refractivity contribution is 6.05. The number of rotatable bonds is 7. The first-order chi connectivity index (χ1) is 15.7. The molecule has 5 rings (SSSR count). The molecule has 0 aliphatic carbocycles. The Morgan fingerprint density at radius 2 is 2.03 bits per heavy atom. The first-order valence-electron chi connectivity index (χ1n) is 10.1. The summed E-state index contributed by atoms with van der Waals surface area (Å²) in [7, 11) is 0. The van der Waals surface area contributed by atoms with Gasteiger partial charge in [-0.05, 0) is 25.1 Å². The maximum atomic E-state index is 12.7. The predicted molar refractivity (Wildman–Crippen MR) is 119 cm³/mol. The zero-order valence-corrected chi connectivity index (χ0v) is 17.3. The molecular formula is C23H20N6O3. The lowest BCUT2D eigenvalue weighted by molar-refractivity contribution is 0.102. The fourth-order valence-electron chi connectivity index (χ4n) is 3.36. The van der Waals surface area contributed by atoms with E-state index in [4.69, 9.17) is 8.83 Å². The van der Waals surface area contributed by atoms with Gasteiger partial charge in [0.1, 0.15) is 5.52 Å². The van der Waals surface area contributed by atoms with Crippen LogP contribution in [0.5, 0.6) is 0 Å². The van der Waals surface area contributed by atoms with Crippen molar-refractivity contribution in [2.45, 2.75) is 13.5 Å². The van der Waals surface area contributed by atoms with Gasteiger partial charge in [0, 0.05) is 24.8 Å². The number of imidazole rings is 1. The number of nitrogens with zero attached hydrogens (tertiary/aromatic N) is 4. The van der Waals surface area contributed by atoms with Gasteiger partial charge in [0.15, 0.2) is 29.2 Å². The molecule has 3 aromatic heterocycles. The fraction of sp³-hybridized carbons (Fsp3) is 0.130. The third kappa shape index (κ3) is 4.08. The molecule has 0 aliphatic rings. The molecule has 2 N–H and O–H groups in total. The van der Waals surface area contributed by atoms with Crippen molar-refractivity contribution in [1.29, 1.82) is 0 Å². The van der Waals surface area contributed by atoms with Crippen LogP contribution in [0.25, 0.3) is 22.4 Å². The number of oxazole rings is 2. The summed E-state index contributed by atoms with van der Waals surface area (Å²) in [5.41, 5.74) is 3.61. The van der Waals surface area contributed by atoms with E-state index in [1.807, 2.05) is 60.0 Å². The molecule has 5 aromatic rings. The van der Waals surface area contributed by atoms with E-state index in [0.717, 1.165) is 22.2 Å². The number of para-hydroxylation sites is 2. The number of carbonyl (C=O) groups excluding carboxylic acids is 1. The molecule has 160 valence electrons. The van der Waals surface area contributed by atoms with Crippen molar-refractivity contribution in [3.8, 4) is 11.3 Å². The number of hydrogen-bond donors (Lipinski definition) is 2. The van der Waals surface area contributed by atoms with Crippen LogP contribution >= 0.6 is 0 Å². The Labute approximate surface area is 183 Å². The molecule has 0 unspecified atom stereocenters. The average Bonchev–Trinajstić information content (AvgIpc) is 3.53. The second-order valence-electron chi connectivity index (χ2n) is 7.26. The molecule has 0 saturated carbocycles. The molecule has 0 fully saturated rings. The van der Waals surface area contributed by atoms with E-state index in [1.54, 1.807) is 12.5 Å². The van der Waals surface area contributed by atoms with Gasteiger partial charge in [0.2, 0.25) is 0 Å². The largest absolute Gasteiger partial charge is 0.443 e. The molecular weight excluding hydrogens is 408 g/mol. The van der Waals surface area contributed by atoms with Gasteiger partial charge in [-0.1, -0.05) is 35.9 Å². The van der Waals surface area contributed by atoms with Crippen molar-refractivity contribution in [3.05, 3.63) is 78.7 Å². The average molecular weight is 428 g/mol. The molecule has 0 aliphatic heterocycles. The van der Waals surface area contributed by atoms with E-state index < -0.39 is 0 Å². The summed E-state index contributed by atoms with van der Waals surface area (Å²) >= 11 is 0. The van der Waals surface area contributed by atoms with Crippen molar-refractivity contribution in [2.24, 2.45) is 0 Å². The maximum absolute atomic E-state index is 12.7. The van der Waals surface area contributed by atoms with Crippen LogP contribution in [-0.2, 0) is 6.54 Å². The Morgan fingerprint density at radius 3 is 2.91 bits per heavy atom. The highest BCUT2D eigenvalue weighted by Gasteiger charge is 2.19. The second-order valence-corrected chi connectivity index (χ2v) is 7.26. The Kier molecular flexibility index (Phi) is 5.12. The van der Waals surface area contributed by atoms with E-state index in [2.05, 4.69) is 25.6 Å². The summed E-state index contributed by atoms with van der Waals surface area (Å²) in [6.07, 6.45) is 4.66. The third-order valence-corrected chi connectivity index (χ3v) is 4.88. The molecule has 9 nitrogen and oxygen atoms in total. The van der Waals surface area contributed by atoms with E-state index >= 15 is 0 Å². The van der Waals surface area contributed by atoms with Crippen molar-refractivity contribution in [2.75, 3.05) is 17.2 Å². The number of hydrogen-bond acceptors (Lipinski definition) is 7.